The van der Waals surface area contributed by atoms with E-state index in [9.17, 15) is 19.2 Å². The molecule has 2 aliphatic heterocycles. The van der Waals surface area contributed by atoms with E-state index in [2.05, 4.69) is 38.1 Å². The van der Waals surface area contributed by atoms with Gasteiger partial charge in [0, 0.05) is 87.8 Å². The van der Waals surface area contributed by atoms with Gasteiger partial charge in [0.25, 0.3) is 23.6 Å². The number of aryl methyl sites for hydroxylation is 2. The lowest BCUT2D eigenvalue weighted by Crippen LogP contribution is -2.38. The van der Waals surface area contributed by atoms with E-state index in [1.807, 2.05) is 91.4 Å². The van der Waals surface area contributed by atoms with Crippen molar-refractivity contribution >= 4 is 46.6 Å². The van der Waals surface area contributed by atoms with Gasteiger partial charge in [0.05, 0.1) is 41.0 Å². The quantitative estimate of drug-likeness (QED) is 0.0613. The monoisotopic (exact) mass is 994 g/mol. The smallest absolute Gasteiger partial charge is 0.257 e. The molecular weight excluding hydrogens is 933 g/mol. The van der Waals surface area contributed by atoms with Crippen LogP contribution >= 0.6 is 0 Å². The van der Waals surface area contributed by atoms with E-state index < -0.39 is 0 Å². The topological polar surface area (TPSA) is 228 Å². The van der Waals surface area contributed by atoms with Gasteiger partial charge in [-0.05, 0) is 153 Å². The predicted octanol–water partition coefficient (Wildman–Crippen LogP) is 8.29. The lowest BCUT2D eigenvalue weighted by atomic mass is 9.89. The van der Waals surface area contributed by atoms with Gasteiger partial charge in [-0.25, -0.2) is 9.97 Å². The normalized spacial score (nSPS) is 13.6. The first-order valence-electron chi connectivity index (χ1n) is 24.9. The third-order valence-corrected chi connectivity index (χ3v) is 13.6. The van der Waals surface area contributed by atoms with E-state index >= 15 is 0 Å². The summed E-state index contributed by atoms with van der Waals surface area (Å²) in [6.07, 6.45) is 7.08. The number of rotatable bonds is 15. The van der Waals surface area contributed by atoms with Crippen LogP contribution in [-0.4, -0.2) is 113 Å². The first-order valence-corrected chi connectivity index (χ1v) is 24.9. The molecule has 2 aliphatic rings. The summed E-state index contributed by atoms with van der Waals surface area (Å²) in [7, 11) is 1.82. The number of nitrogens with one attached hydrogen (secondary N) is 3. The van der Waals surface area contributed by atoms with Gasteiger partial charge in [0.15, 0.2) is 0 Å². The zero-order valence-electron chi connectivity index (χ0n) is 42.1. The highest BCUT2D eigenvalue weighted by Crippen LogP contribution is 2.31. The highest BCUT2D eigenvalue weighted by Gasteiger charge is 2.27. The molecule has 2 saturated heterocycles. The molecule has 380 valence electrons. The Morgan fingerprint density at radius 1 is 0.608 bits per heavy atom. The van der Waals surface area contributed by atoms with E-state index in [0.29, 0.717) is 114 Å². The Labute approximate surface area is 432 Å². The summed E-state index contributed by atoms with van der Waals surface area (Å²) in [5.74, 6) is 1.34. The fraction of sp³-hybridized carbons (Fsp3) is 0.310. The number of amides is 4. The molecule has 0 unspecified atom stereocenters. The highest BCUT2D eigenvalue weighted by molar-refractivity contribution is 6.06. The number of pyridine rings is 2. The van der Waals surface area contributed by atoms with Crippen LogP contribution in [0.4, 0.5) is 23.0 Å². The molecular formula is C58H62N10O6. The standard InChI is InChI=1S/2C29H31N5O3/c1-20-3-6-24(17-26(20)32-28(36)25-9-10-27(31-19-25)33(2)15-16-35)29(37)34-13-11-23(12-14-34)22-7-4-21(18-30)5-8-22;1-20-3-6-24(17-26(20)33-28(36)25-9-10-27(32-19-25)31-13-2-16-35)29(37)34-14-11-23(12-15-34)22-7-4-21(18-30)5-8-22/h3-10,17,19,23,35H,11-16H2,1-2H3,(H,32,36);3-10,17,19,23,35H,2,11-16H2,1H3,(H,31,32)(H,33,36). The van der Waals surface area contributed by atoms with Gasteiger partial charge in [-0.3, -0.25) is 19.2 Å². The fourth-order valence-corrected chi connectivity index (χ4v) is 8.96. The minimum Gasteiger partial charge on any atom is -0.396 e. The predicted molar refractivity (Wildman–Crippen MR) is 285 cm³/mol. The average molecular weight is 995 g/mol. The van der Waals surface area contributed by atoms with Gasteiger partial charge in [-0.15, -0.1) is 0 Å². The lowest BCUT2D eigenvalue weighted by Gasteiger charge is -2.32. The number of aromatic nitrogens is 2. The van der Waals surface area contributed by atoms with Gasteiger partial charge in [0.1, 0.15) is 11.6 Å². The number of likely N-dealkylation sites (N-methyl/N-ethyl adjacent to an activating group) is 1. The Morgan fingerprint density at radius 3 is 1.45 bits per heavy atom. The molecule has 5 N–H and O–H groups in total. The van der Waals surface area contributed by atoms with Gasteiger partial charge in [-0.1, -0.05) is 36.4 Å². The van der Waals surface area contributed by atoms with Crippen LogP contribution in [0.1, 0.15) is 119 Å². The number of carbonyl (C=O) groups excluding carboxylic acids is 4. The molecule has 6 aromatic rings. The number of aliphatic hydroxyl groups is 2. The third kappa shape index (κ3) is 13.9. The summed E-state index contributed by atoms with van der Waals surface area (Å²) < 4.78 is 0. The zero-order chi connectivity index (χ0) is 52.6. The number of hydrogen-bond donors (Lipinski definition) is 5. The number of benzene rings is 4. The Hall–Kier alpha value is -8.44. The highest BCUT2D eigenvalue weighted by atomic mass is 16.3. The summed E-state index contributed by atoms with van der Waals surface area (Å²) >= 11 is 0. The molecule has 0 radical (unpaired) electrons. The Bertz CT molecular complexity index is 2970. The number of piperidine rings is 2. The molecule has 0 aliphatic carbocycles. The average Bonchev–Trinajstić information content (AvgIpc) is 3.44. The molecule has 74 heavy (non-hydrogen) atoms. The van der Waals surface area contributed by atoms with E-state index in [1.54, 1.807) is 53.4 Å². The summed E-state index contributed by atoms with van der Waals surface area (Å²) in [5.41, 5.74) is 8.50. The molecule has 2 fully saturated rings. The molecule has 4 heterocycles. The first-order chi connectivity index (χ1) is 35.9. The minimum absolute atomic E-state index is 0.0178. The molecule has 16 nitrogen and oxygen atoms in total. The minimum atomic E-state index is -0.306. The number of aliphatic hydroxyl groups excluding tert-OH is 2. The van der Waals surface area contributed by atoms with Crippen LogP contribution in [0.15, 0.2) is 122 Å². The van der Waals surface area contributed by atoms with E-state index in [0.717, 1.165) is 36.8 Å². The van der Waals surface area contributed by atoms with Crippen LogP contribution in [0.3, 0.4) is 0 Å². The number of nitriles is 2. The van der Waals surface area contributed by atoms with Crippen LogP contribution in [0.5, 0.6) is 0 Å². The van der Waals surface area contributed by atoms with Crippen molar-refractivity contribution in [3.8, 4) is 12.1 Å². The van der Waals surface area contributed by atoms with Gasteiger partial charge in [-0.2, -0.15) is 10.5 Å². The second-order valence-corrected chi connectivity index (χ2v) is 18.6. The number of nitrogens with zero attached hydrogens (tertiary/aromatic N) is 7. The third-order valence-electron chi connectivity index (χ3n) is 13.6. The molecule has 4 amide bonds. The number of hydrogen-bond acceptors (Lipinski definition) is 12. The van der Waals surface area contributed by atoms with Crippen molar-refractivity contribution < 1.29 is 29.4 Å². The fourth-order valence-electron chi connectivity index (χ4n) is 8.96. The van der Waals surface area contributed by atoms with Gasteiger partial charge >= 0.3 is 0 Å². The number of carbonyl (C=O) groups is 4. The van der Waals surface area contributed by atoms with Crippen molar-refractivity contribution in [1.82, 2.24) is 19.8 Å². The zero-order valence-corrected chi connectivity index (χ0v) is 42.1. The molecule has 0 bridgehead atoms. The van der Waals surface area contributed by atoms with Crippen molar-refractivity contribution in [1.29, 1.82) is 10.5 Å². The summed E-state index contributed by atoms with van der Waals surface area (Å²) in [5, 5.41) is 44.9. The molecule has 0 atom stereocenters. The second-order valence-electron chi connectivity index (χ2n) is 18.6. The lowest BCUT2D eigenvalue weighted by molar-refractivity contribution is 0.0705. The number of anilines is 4. The SMILES string of the molecule is Cc1ccc(C(=O)N2CCC(c3ccc(C#N)cc3)CC2)cc1NC(=O)c1ccc(N(C)CCO)nc1.Cc1ccc(C(=O)N2CCC(c3ccc(C#N)cc3)CC2)cc1NC(=O)c1ccc(NCCCO)nc1. The van der Waals surface area contributed by atoms with E-state index in [4.69, 9.17) is 20.7 Å². The summed E-state index contributed by atoms with van der Waals surface area (Å²) in [6, 6.07) is 37.3. The second kappa shape index (κ2) is 25.8. The largest absolute Gasteiger partial charge is 0.396 e. The summed E-state index contributed by atoms with van der Waals surface area (Å²) in [4.78, 5) is 66.2. The first kappa shape index (κ1) is 53.4. The molecule has 4 aromatic carbocycles. The maximum Gasteiger partial charge on any atom is 0.257 e. The van der Waals surface area contributed by atoms with Gasteiger partial charge < -0.3 is 40.9 Å². The molecule has 0 saturated carbocycles. The molecule has 16 heteroatoms. The van der Waals surface area contributed by atoms with E-state index in [-0.39, 0.29) is 36.8 Å². The molecule has 2 aromatic heterocycles. The van der Waals surface area contributed by atoms with Crippen molar-refractivity contribution in [2.75, 3.05) is 80.4 Å². The van der Waals surface area contributed by atoms with Crippen LogP contribution in [0, 0.1) is 36.5 Å². The van der Waals surface area contributed by atoms with Crippen molar-refractivity contribution in [3.63, 3.8) is 0 Å². The van der Waals surface area contributed by atoms with Gasteiger partial charge in [0.2, 0.25) is 0 Å². The van der Waals surface area contributed by atoms with Crippen molar-refractivity contribution in [3.05, 3.63) is 177 Å². The van der Waals surface area contributed by atoms with Crippen LogP contribution in [0.25, 0.3) is 0 Å². The van der Waals surface area contributed by atoms with E-state index in [1.165, 1.54) is 23.5 Å². The molecule has 8 rings (SSSR count). The molecule has 0 spiro atoms. The Balaban J connectivity index is 0.000000216. The van der Waals surface area contributed by atoms with Crippen LogP contribution in [-0.2, 0) is 0 Å². The summed E-state index contributed by atoms with van der Waals surface area (Å²) in [6.45, 7) is 7.57. The Morgan fingerprint density at radius 2 is 1.05 bits per heavy atom. The van der Waals surface area contributed by atoms with Crippen LogP contribution < -0.4 is 20.9 Å². The maximum atomic E-state index is 13.2. The van der Waals surface area contributed by atoms with Crippen molar-refractivity contribution in [2.24, 2.45) is 0 Å². The van der Waals surface area contributed by atoms with Crippen LogP contribution in [0.2, 0.25) is 0 Å². The Kier molecular flexibility index (Phi) is 18.6. The van der Waals surface area contributed by atoms with Crippen molar-refractivity contribution in [2.45, 2.75) is 57.8 Å². The maximum absolute atomic E-state index is 13.2. The number of likely N-dealkylation sites (tertiary alicyclic amines) is 2.